The summed E-state index contributed by atoms with van der Waals surface area (Å²) in [6, 6.07) is 22.1. The van der Waals surface area contributed by atoms with Crippen LogP contribution in [0.4, 0.5) is 11.4 Å². The van der Waals surface area contributed by atoms with E-state index >= 15 is 0 Å². The van der Waals surface area contributed by atoms with Crippen LogP contribution in [0.25, 0.3) is 22.4 Å². The number of benzene rings is 3. The van der Waals surface area contributed by atoms with Gasteiger partial charge in [0.25, 0.3) is 5.69 Å². The zero-order chi connectivity index (χ0) is 33.5. The van der Waals surface area contributed by atoms with E-state index in [1.807, 2.05) is 54.6 Å². The van der Waals surface area contributed by atoms with Crippen molar-refractivity contribution in [2.24, 2.45) is 17.8 Å². The first-order valence-corrected chi connectivity index (χ1v) is 15.9. The van der Waals surface area contributed by atoms with Gasteiger partial charge in [-0.2, -0.15) is 0 Å². The van der Waals surface area contributed by atoms with E-state index in [2.05, 4.69) is 4.98 Å². The molecule has 242 valence electrons. The molecule has 0 spiro atoms. The summed E-state index contributed by atoms with van der Waals surface area (Å²) in [5.74, 6) is -2.92. The predicted octanol–water partition coefficient (Wildman–Crippen LogP) is 5.16. The Balaban J connectivity index is 1.22. The molecule has 2 amide bonds. The zero-order valence-electron chi connectivity index (χ0n) is 25.8. The van der Waals surface area contributed by atoms with E-state index in [9.17, 15) is 34.9 Å². The molecule has 3 heterocycles. The van der Waals surface area contributed by atoms with Crippen molar-refractivity contribution in [3.8, 4) is 5.75 Å². The Kier molecular flexibility index (Phi) is 8.38. The van der Waals surface area contributed by atoms with Gasteiger partial charge in [0.1, 0.15) is 5.75 Å². The Morgan fingerprint density at radius 2 is 1.81 bits per heavy atom. The molecule has 3 N–H and O–H groups in total. The number of hydrogen-bond donors (Lipinski definition) is 3. The third-order valence-electron chi connectivity index (χ3n) is 9.73. The molecule has 4 atom stereocenters. The van der Waals surface area contributed by atoms with Crippen LogP contribution in [0.15, 0.2) is 96.2 Å². The Hall–Kier alpha value is -5.17. The number of nitro benzene ring substituents is 1. The highest BCUT2D eigenvalue weighted by atomic mass is 16.6. The second-order valence-electron chi connectivity index (χ2n) is 12.4. The first-order chi connectivity index (χ1) is 23.2. The Labute approximate surface area is 276 Å². The van der Waals surface area contributed by atoms with E-state index in [1.54, 1.807) is 12.3 Å². The highest BCUT2D eigenvalue weighted by molar-refractivity contribution is 6.43. The number of anilines is 1. The summed E-state index contributed by atoms with van der Waals surface area (Å²) < 4.78 is 6.10. The van der Waals surface area contributed by atoms with E-state index in [0.29, 0.717) is 18.4 Å². The molecule has 0 radical (unpaired) electrons. The van der Waals surface area contributed by atoms with Gasteiger partial charge in [0.2, 0.25) is 11.8 Å². The van der Waals surface area contributed by atoms with Gasteiger partial charge in [0.05, 0.1) is 40.9 Å². The fourth-order valence-electron chi connectivity index (χ4n) is 7.64. The van der Waals surface area contributed by atoms with E-state index in [1.165, 1.54) is 24.3 Å². The number of aromatic nitrogens is 1. The molecule has 0 unspecified atom stereocenters. The minimum Gasteiger partial charge on any atom is -0.507 e. The number of fused-ring (bicyclic) bond motifs is 4. The largest absolute Gasteiger partial charge is 0.507 e. The van der Waals surface area contributed by atoms with Crippen molar-refractivity contribution in [1.29, 1.82) is 0 Å². The van der Waals surface area contributed by atoms with Gasteiger partial charge in [-0.3, -0.25) is 24.7 Å². The van der Waals surface area contributed by atoms with Crippen LogP contribution >= 0.6 is 0 Å². The van der Waals surface area contributed by atoms with Gasteiger partial charge in [0.15, 0.2) is 0 Å². The number of rotatable bonds is 8. The first-order valence-electron chi connectivity index (χ1n) is 15.9. The molecule has 2 fully saturated rings. The molecule has 3 aromatic carbocycles. The number of nitro groups is 1. The molecule has 3 aliphatic rings. The number of aromatic hydroxyl groups is 1. The Morgan fingerprint density at radius 1 is 1.02 bits per heavy atom. The molecule has 1 aromatic heterocycles. The number of non-ortho nitro benzene ring substituents is 1. The van der Waals surface area contributed by atoms with E-state index < -0.39 is 47.7 Å². The number of allylic oxidation sites excluding steroid dienone is 1. The molecule has 2 aliphatic heterocycles. The third kappa shape index (κ3) is 5.57. The van der Waals surface area contributed by atoms with Gasteiger partial charge < -0.3 is 19.9 Å². The molecule has 0 saturated carbocycles. The van der Waals surface area contributed by atoms with Crippen molar-refractivity contribution < 1.29 is 34.4 Å². The van der Waals surface area contributed by atoms with E-state index in [-0.39, 0.29) is 36.5 Å². The molecule has 1 aliphatic carbocycles. The number of aliphatic hydroxyl groups is 1. The normalized spacial score (nSPS) is 22.7. The minimum absolute atomic E-state index is 0.0702. The second kappa shape index (κ2) is 12.8. The zero-order valence-corrected chi connectivity index (χ0v) is 25.8. The molecule has 12 heteroatoms. The van der Waals surface area contributed by atoms with Crippen molar-refractivity contribution in [3.63, 3.8) is 0 Å². The maximum atomic E-state index is 14.0. The van der Waals surface area contributed by atoms with Gasteiger partial charge in [-0.05, 0) is 89.5 Å². The lowest BCUT2D eigenvalue weighted by Gasteiger charge is -2.42. The van der Waals surface area contributed by atoms with Crippen LogP contribution in [0.1, 0.15) is 30.5 Å². The topological polar surface area (TPSA) is 163 Å². The van der Waals surface area contributed by atoms with Crippen molar-refractivity contribution in [3.05, 3.63) is 118 Å². The van der Waals surface area contributed by atoms with Gasteiger partial charge in [-0.15, -0.1) is 0 Å². The second-order valence-corrected chi connectivity index (χ2v) is 12.4. The van der Waals surface area contributed by atoms with Crippen LogP contribution in [0.5, 0.6) is 5.75 Å². The van der Waals surface area contributed by atoms with Gasteiger partial charge in [-0.1, -0.05) is 42.5 Å². The number of aliphatic hydroxyl groups excluding tert-OH is 1. The fourth-order valence-corrected chi connectivity index (χ4v) is 7.64. The van der Waals surface area contributed by atoms with Gasteiger partial charge in [0, 0.05) is 23.7 Å². The van der Waals surface area contributed by atoms with Crippen LogP contribution in [0, 0.1) is 27.9 Å². The van der Waals surface area contributed by atoms with E-state index in [0.717, 1.165) is 38.1 Å². The standard InChI is InChI=1S/C36H32BN3O8/c41-20-23-17-28-34(36(44)39(35(28)43)24-6-5-7-25(18-24)40(46)47)29-19-37(45)48-32(33(23)29)14-12-22(30-10-3-4-15-38-30)16-21-11-13-31(42)27-9-2-1-8-26(21)27/h1-11,13,15-16,18,28-29,32,34,41-42,45H,12,14,17,19-20H2/b22-16-/t28-,29+,32-,34-/m1/s1. The van der Waals surface area contributed by atoms with Crippen molar-refractivity contribution in [2.75, 3.05) is 11.5 Å². The summed E-state index contributed by atoms with van der Waals surface area (Å²) in [4.78, 5) is 44.1. The van der Waals surface area contributed by atoms with Crippen LogP contribution < -0.4 is 4.90 Å². The smallest absolute Gasteiger partial charge is 0.455 e. The molecular formula is C36H32BN3O8. The number of amides is 2. The highest BCUT2D eigenvalue weighted by Gasteiger charge is 2.57. The lowest BCUT2D eigenvalue weighted by Crippen LogP contribution is -2.46. The van der Waals surface area contributed by atoms with Crippen molar-refractivity contribution in [1.82, 2.24) is 4.98 Å². The number of hydrogen-bond acceptors (Lipinski definition) is 9. The van der Waals surface area contributed by atoms with Gasteiger partial charge in [-0.25, -0.2) is 4.90 Å². The highest BCUT2D eigenvalue weighted by Crippen LogP contribution is 2.51. The van der Waals surface area contributed by atoms with Crippen LogP contribution in [0.3, 0.4) is 0 Å². The molecular weight excluding hydrogens is 613 g/mol. The number of carbonyl (C=O) groups is 2. The summed E-state index contributed by atoms with van der Waals surface area (Å²) in [5.41, 5.74) is 3.73. The lowest BCUT2D eigenvalue weighted by atomic mass is 9.58. The average molecular weight is 645 g/mol. The summed E-state index contributed by atoms with van der Waals surface area (Å²) in [6.45, 7) is -0.342. The average Bonchev–Trinajstić information content (AvgIpc) is 3.36. The van der Waals surface area contributed by atoms with Crippen LogP contribution in [-0.4, -0.2) is 56.8 Å². The number of carbonyl (C=O) groups excluding carboxylic acids is 2. The number of phenols is 1. The molecule has 48 heavy (non-hydrogen) atoms. The number of phenolic OH excluding ortho intramolecular Hbond substituents is 1. The number of nitrogens with zero attached hydrogens (tertiary/aromatic N) is 3. The number of pyridine rings is 1. The number of imide groups is 1. The quantitative estimate of drug-likeness (QED) is 0.0772. The SMILES string of the molecule is O=C1[C@@H]2[C@@H](CC(CO)=C3[C@@H](CC/C(=C/c4ccc(O)c5ccccc45)c4ccccn4)OB(O)C[C@@H]32)C(=O)N1c1cccc([N+](=O)[O-])c1. The molecule has 11 nitrogen and oxygen atoms in total. The maximum Gasteiger partial charge on any atom is 0.455 e. The van der Waals surface area contributed by atoms with Crippen molar-refractivity contribution in [2.45, 2.75) is 31.7 Å². The Bertz CT molecular complexity index is 2000. The van der Waals surface area contributed by atoms with E-state index in [4.69, 9.17) is 4.65 Å². The maximum absolute atomic E-state index is 14.0. The Morgan fingerprint density at radius 3 is 2.56 bits per heavy atom. The summed E-state index contributed by atoms with van der Waals surface area (Å²) in [7, 11) is -1.21. The first kappa shape index (κ1) is 31.4. The molecule has 7 rings (SSSR count). The molecule has 4 aromatic rings. The monoisotopic (exact) mass is 645 g/mol. The van der Waals surface area contributed by atoms with Crippen LogP contribution in [-0.2, 0) is 14.2 Å². The third-order valence-corrected chi connectivity index (χ3v) is 9.73. The van der Waals surface area contributed by atoms with Crippen molar-refractivity contribution >= 4 is 52.7 Å². The predicted molar refractivity (Wildman–Crippen MR) is 179 cm³/mol. The fraction of sp³-hybridized carbons (Fsp3) is 0.250. The molecule has 2 saturated heterocycles. The van der Waals surface area contributed by atoms with Crippen LogP contribution in [0.2, 0.25) is 6.32 Å². The summed E-state index contributed by atoms with van der Waals surface area (Å²) >= 11 is 0. The molecule has 0 bridgehead atoms. The summed E-state index contributed by atoms with van der Waals surface area (Å²) in [6.07, 6.45) is 4.13. The minimum atomic E-state index is -1.21. The summed E-state index contributed by atoms with van der Waals surface area (Å²) in [5, 5.41) is 44.9. The lowest BCUT2D eigenvalue weighted by molar-refractivity contribution is -0.384. The van der Waals surface area contributed by atoms with Gasteiger partial charge >= 0.3 is 7.12 Å².